The van der Waals surface area contributed by atoms with Crippen LogP contribution < -0.4 is 16.4 Å². The fraction of sp³-hybridized carbons (Fsp3) is 0.593. The molecule has 0 radical (unpaired) electrons. The van der Waals surface area contributed by atoms with Crippen molar-refractivity contribution >= 4 is 30.2 Å². The van der Waals surface area contributed by atoms with Crippen LogP contribution in [0.1, 0.15) is 50.2 Å². The van der Waals surface area contributed by atoms with Gasteiger partial charge in [0.15, 0.2) is 0 Å². The number of carbonyl (C=O) groups is 3. The van der Waals surface area contributed by atoms with E-state index in [0.717, 1.165) is 11.1 Å². The van der Waals surface area contributed by atoms with Gasteiger partial charge in [0.1, 0.15) is 24.1 Å². The SMILES string of the molecule is COC[C@H](/C(C=N)=C/c1ncc([C@@H](NC(=O)OCC(N)=CC(=O)C(F)(F)F)C2CCC(C)(F)CC2)[nH]1)N1C[C@@H](C(F)(F)F)NC1=O. The van der Waals surface area contributed by atoms with Gasteiger partial charge in [-0.1, -0.05) is 0 Å². The number of ether oxygens (including phenoxy) is 2. The lowest BCUT2D eigenvalue weighted by Crippen LogP contribution is -2.42. The molecule has 1 saturated heterocycles. The molecule has 1 saturated carbocycles. The lowest BCUT2D eigenvalue weighted by Gasteiger charge is -2.35. The minimum atomic E-state index is -5.16. The third-order valence-electron chi connectivity index (χ3n) is 7.62. The fourth-order valence-electron chi connectivity index (χ4n) is 5.14. The van der Waals surface area contributed by atoms with Gasteiger partial charge in [0.25, 0.3) is 5.78 Å². The van der Waals surface area contributed by atoms with E-state index in [0.29, 0.717) is 12.8 Å². The van der Waals surface area contributed by atoms with Crippen LogP contribution in [0.5, 0.6) is 0 Å². The Bertz CT molecular complexity index is 1330. The number of H-pyrrole nitrogens is 1. The first kappa shape index (κ1) is 36.3. The first-order chi connectivity index (χ1) is 21.3. The maximum absolute atomic E-state index is 14.5. The largest absolute Gasteiger partial charge is 0.454 e. The van der Waals surface area contributed by atoms with E-state index in [1.54, 1.807) is 0 Å². The van der Waals surface area contributed by atoms with Gasteiger partial charge >= 0.3 is 24.5 Å². The summed E-state index contributed by atoms with van der Waals surface area (Å²) in [5, 5.41) is 12.3. The third kappa shape index (κ3) is 9.67. The second-order valence-electron chi connectivity index (χ2n) is 11.2. The van der Waals surface area contributed by atoms with Gasteiger partial charge in [-0.2, -0.15) is 26.3 Å². The van der Waals surface area contributed by atoms with Gasteiger partial charge in [0, 0.05) is 19.4 Å². The first-order valence-electron chi connectivity index (χ1n) is 13.9. The molecule has 256 valence electrons. The highest BCUT2D eigenvalue weighted by Gasteiger charge is 2.48. The summed E-state index contributed by atoms with van der Waals surface area (Å²) < 4.78 is 102. The minimum absolute atomic E-state index is 0.0613. The number of rotatable bonds is 12. The Morgan fingerprint density at radius 2 is 1.91 bits per heavy atom. The van der Waals surface area contributed by atoms with E-state index in [1.165, 1.54) is 26.3 Å². The molecule has 12 nitrogen and oxygen atoms in total. The van der Waals surface area contributed by atoms with Crippen molar-refractivity contribution in [3.8, 4) is 0 Å². The van der Waals surface area contributed by atoms with E-state index in [2.05, 4.69) is 15.3 Å². The second kappa shape index (κ2) is 14.5. The topological polar surface area (TPSA) is 176 Å². The molecule has 0 unspecified atom stereocenters. The van der Waals surface area contributed by atoms with Crippen molar-refractivity contribution in [1.82, 2.24) is 25.5 Å². The number of hydrogen-bond acceptors (Lipinski definition) is 8. The van der Waals surface area contributed by atoms with Crippen LogP contribution in [0.3, 0.4) is 0 Å². The van der Waals surface area contributed by atoms with Crippen LogP contribution in [0, 0.1) is 11.3 Å². The Labute approximate surface area is 258 Å². The number of carbonyl (C=O) groups excluding carboxylic acids is 3. The Morgan fingerprint density at radius 3 is 2.46 bits per heavy atom. The zero-order valence-electron chi connectivity index (χ0n) is 24.7. The van der Waals surface area contributed by atoms with Gasteiger partial charge < -0.3 is 41.1 Å². The van der Waals surface area contributed by atoms with E-state index in [4.69, 9.17) is 20.6 Å². The molecule has 1 aliphatic heterocycles. The van der Waals surface area contributed by atoms with Crippen LogP contribution in [-0.4, -0.2) is 96.0 Å². The number of nitrogens with one attached hydrogen (secondary N) is 4. The summed E-state index contributed by atoms with van der Waals surface area (Å²) in [4.78, 5) is 44.2. The van der Waals surface area contributed by atoms with Crippen LogP contribution in [0.2, 0.25) is 0 Å². The molecule has 1 aliphatic carbocycles. The fourth-order valence-corrected chi connectivity index (χ4v) is 5.14. The molecule has 3 atom stereocenters. The quantitative estimate of drug-likeness (QED) is 0.127. The highest BCUT2D eigenvalue weighted by Crippen LogP contribution is 2.40. The summed E-state index contributed by atoms with van der Waals surface area (Å²) in [6.07, 6.45) is -6.46. The predicted molar refractivity (Wildman–Crippen MR) is 148 cm³/mol. The van der Waals surface area contributed by atoms with Crippen molar-refractivity contribution in [2.24, 2.45) is 11.7 Å². The maximum Gasteiger partial charge on any atom is 0.454 e. The molecule has 2 fully saturated rings. The van der Waals surface area contributed by atoms with E-state index in [-0.39, 0.29) is 48.5 Å². The zero-order chi connectivity index (χ0) is 34.4. The molecular weight excluding hydrogens is 635 g/mol. The van der Waals surface area contributed by atoms with E-state index < -0.39 is 72.9 Å². The monoisotopic (exact) mass is 669 g/mol. The highest BCUT2D eigenvalue weighted by molar-refractivity contribution is 5.94. The summed E-state index contributed by atoms with van der Waals surface area (Å²) in [5.41, 5.74) is 3.64. The third-order valence-corrected chi connectivity index (χ3v) is 7.62. The number of hydrogen-bond donors (Lipinski definition) is 5. The molecule has 0 bridgehead atoms. The molecule has 19 heteroatoms. The number of amides is 3. The molecule has 0 spiro atoms. The van der Waals surface area contributed by atoms with E-state index >= 15 is 0 Å². The van der Waals surface area contributed by atoms with Crippen molar-refractivity contribution in [2.45, 2.75) is 68.8 Å². The number of nitrogens with two attached hydrogens (primary N) is 1. The van der Waals surface area contributed by atoms with Gasteiger partial charge in [0.05, 0.1) is 42.8 Å². The standard InChI is InChI=1S/C27H34F7N7O5/c1-25(28)5-3-14(4-6-25)22(40-24(44)46-12-16(36)8-20(42)27(32,33)34)17-10-37-21(38-17)7-15(9-35)18(13-45-2)41-11-19(26(29,30)31)39-23(41)43/h7-10,14,18-19,22,35H,3-6,11-13,36H2,1-2H3,(H,37,38)(H,39,43)(H,40,44)/b15-7+,16-8?,35-9?/t14?,18-,19+,22+,25?/m1/s1. The summed E-state index contributed by atoms with van der Waals surface area (Å²) in [7, 11) is 1.27. The van der Waals surface area contributed by atoms with Gasteiger partial charge in [-0.25, -0.2) is 19.0 Å². The molecule has 2 heterocycles. The predicted octanol–water partition coefficient (Wildman–Crippen LogP) is 4.07. The lowest BCUT2D eigenvalue weighted by atomic mass is 9.77. The number of methoxy groups -OCH3 is 1. The molecule has 3 amide bonds. The van der Waals surface area contributed by atoms with E-state index in [1.807, 2.05) is 5.32 Å². The smallest absolute Gasteiger partial charge is 0.443 e. The van der Waals surface area contributed by atoms with Crippen molar-refractivity contribution < 1.29 is 54.6 Å². The molecule has 1 aromatic heterocycles. The number of nitrogens with zero attached hydrogens (tertiary/aromatic N) is 2. The van der Waals surface area contributed by atoms with Crippen LogP contribution in [-0.2, 0) is 14.3 Å². The van der Waals surface area contributed by atoms with Crippen molar-refractivity contribution in [2.75, 3.05) is 26.9 Å². The molecule has 3 rings (SSSR count). The Balaban J connectivity index is 1.83. The molecule has 0 aromatic carbocycles. The van der Waals surface area contributed by atoms with Crippen molar-refractivity contribution in [3.63, 3.8) is 0 Å². The number of aromatic amines is 1. The minimum Gasteiger partial charge on any atom is -0.443 e. The van der Waals surface area contributed by atoms with E-state index in [9.17, 15) is 45.1 Å². The molecule has 6 N–H and O–H groups in total. The maximum atomic E-state index is 14.5. The Kier molecular flexibility index (Phi) is 11.5. The number of aromatic nitrogens is 2. The Morgan fingerprint density at radius 1 is 1.26 bits per heavy atom. The summed E-state index contributed by atoms with van der Waals surface area (Å²) >= 11 is 0. The number of allylic oxidation sites excluding steroid dienone is 1. The number of ketones is 1. The molecule has 2 aliphatic rings. The number of urea groups is 1. The van der Waals surface area contributed by atoms with Gasteiger partial charge in [-0.15, -0.1) is 0 Å². The molecular formula is C27H34F7N7O5. The van der Waals surface area contributed by atoms with Gasteiger partial charge in [-0.3, -0.25) is 4.79 Å². The van der Waals surface area contributed by atoms with Gasteiger partial charge in [-0.05, 0) is 50.2 Å². The zero-order valence-corrected chi connectivity index (χ0v) is 24.7. The van der Waals surface area contributed by atoms with Crippen LogP contribution >= 0.6 is 0 Å². The second-order valence-corrected chi connectivity index (χ2v) is 11.2. The first-order valence-corrected chi connectivity index (χ1v) is 13.9. The normalized spacial score (nSPS) is 24.3. The van der Waals surface area contributed by atoms with Crippen LogP contribution in [0.4, 0.5) is 40.3 Å². The Hall–Kier alpha value is -4.16. The lowest BCUT2D eigenvalue weighted by molar-refractivity contribution is -0.165. The summed E-state index contributed by atoms with van der Waals surface area (Å²) in [5.74, 6) is -2.50. The van der Waals surface area contributed by atoms with Crippen molar-refractivity contribution in [3.05, 3.63) is 35.1 Å². The molecule has 1 aromatic rings. The number of halogens is 7. The average molecular weight is 670 g/mol. The molecule has 46 heavy (non-hydrogen) atoms. The summed E-state index contributed by atoms with van der Waals surface area (Å²) in [6.45, 7) is -0.367. The number of alkyl carbamates (subject to hydrolysis) is 1. The highest BCUT2D eigenvalue weighted by atomic mass is 19.4. The average Bonchev–Trinajstić information content (AvgIpc) is 3.58. The van der Waals surface area contributed by atoms with Crippen molar-refractivity contribution in [1.29, 1.82) is 5.41 Å². The van der Waals surface area contributed by atoms with Gasteiger partial charge in [0.2, 0.25) is 0 Å². The van der Waals surface area contributed by atoms with Crippen LogP contribution in [0.25, 0.3) is 6.08 Å². The van der Waals surface area contributed by atoms with Crippen LogP contribution in [0.15, 0.2) is 23.5 Å². The number of imidazole rings is 1. The summed E-state index contributed by atoms with van der Waals surface area (Å²) in [6, 6.07) is -5.10. The number of alkyl halides is 7.